The largest absolute Gasteiger partial charge is 0.478 e. The standard InChI is InChI=1S/C13H12F2N2O2S/c1-2-12-17-6-7(20-12)5-16-11-3-8(13(18)19)9(14)4-10(11)15/h3-4,6,16H,2,5H2,1H3,(H,18,19). The number of aryl methyl sites for hydroxylation is 1. The van der Waals surface area contributed by atoms with Crippen LogP contribution in [0.25, 0.3) is 0 Å². The van der Waals surface area contributed by atoms with E-state index in [2.05, 4.69) is 10.3 Å². The Balaban J connectivity index is 2.16. The molecular formula is C13H12F2N2O2S. The molecule has 1 aromatic heterocycles. The molecular weight excluding hydrogens is 286 g/mol. The number of carboxylic acid groups (broad SMARTS) is 1. The van der Waals surface area contributed by atoms with Crippen LogP contribution in [-0.4, -0.2) is 16.1 Å². The molecule has 0 spiro atoms. The zero-order valence-electron chi connectivity index (χ0n) is 10.6. The summed E-state index contributed by atoms with van der Waals surface area (Å²) in [6, 6.07) is 1.52. The van der Waals surface area contributed by atoms with Gasteiger partial charge in [-0.15, -0.1) is 11.3 Å². The number of benzene rings is 1. The zero-order chi connectivity index (χ0) is 14.7. The molecule has 2 aromatic rings. The molecule has 7 heteroatoms. The summed E-state index contributed by atoms with van der Waals surface area (Å²) in [5.41, 5.74) is -0.609. The van der Waals surface area contributed by atoms with Crippen molar-refractivity contribution in [3.63, 3.8) is 0 Å². The average molecular weight is 298 g/mol. The van der Waals surface area contributed by atoms with Crippen LogP contribution in [-0.2, 0) is 13.0 Å². The van der Waals surface area contributed by atoms with Crippen molar-refractivity contribution in [1.29, 1.82) is 0 Å². The van der Waals surface area contributed by atoms with E-state index in [1.165, 1.54) is 11.3 Å². The highest BCUT2D eigenvalue weighted by Crippen LogP contribution is 2.21. The summed E-state index contributed by atoms with van der Waals surface area (Å²) in [4.78, 5) is 15.9. The number of thiazole rings is 1. The van der Waals surface area contributed by atoms with Gasteiger partial charge in [-0.1, -0.05) is 6.92 Å². The molecule has 2 rings (SSSR count). The van der Waals surface area contributed by atoms with Crippen LogP contribution in [0.4, 0.5) is 14.5 Å². The van der Waals surface area contributed by atoms with E-state index >= 15 is 0 Å². The van der Waals surface area contributed by atoms with E-state index in [0.29, 0.717) is 12.6 Å². The molecule has 2 N–H and O–H groups in total. The van der Waals surface area contributed by atoms with E-state index < -0.39 is 23.2 Å². The first-order chi connectivity index (χ1) is 9.51. The number of nitrogens with one attached hydrogen (secondary N) is 1. The van der Waals surface area contributed by atoms with Crippen molar-refractivity contribution >= 4 is 23.0 Å². The fourth-order valence-corrected chi connectivity index (χ4v) is 2.43. The number of carboxylic acids is 1. The van der Waals surface area contributed by atoms with Crippen LogP contribution >= 0.6 is 11.3 Å². The summed E-state index contributed by atoms with van der Waals surface area (Å²) in [6.45, 7) is 2.29. The highest BCUT2D eigenvalue weighted by molar-refractivity contribution is 7.11. The number of rotatable bonds is 5. The lowest BCUT2D eigenvalue weighted by molar-refractivity contribution is 0.0692. The van der Waals surface area contributed by atoms with Gasteiger partial charge in [0.2, 0.25) is 0 Å². The molecule has 0 aliphatic rings. The van der Waals surface area contributed by atoms with Crippen molar-refractivity contribution in [2.45, 2.75) is 19.9 Å². The average Bonchev–Trinajstić information content (AvgIpc) is 2.85. The minimum Gasteiger partial charge on any atom is -0.478 e. The molecule has 1 heterocycles. The molecule has 4 nitrogen and oxygen atoms in total. The summed E-state index contributed by atoms with van der Waals surface area (Å²) < 4.78 is 26.8. The predicted molar refractivity (Wildman–Crippen MR) is 72.1 cm³/mol. The number of anilines is 1. The summed E-state index contributed by atoms with van der Waals surface area (Å²) in [7, 11) is 0. The maximum absolute atomic E-state index is 13.6. The van der Waals surface area contributed by atoms with Crippen molar-refractivity contribution in [2.24, 2.45) is 0 Å². The van der Waals surface area contributed by atoms with Crippen molar-refractivity contribution in [2.75, 3.05) is 5.32 Å². The van der Waals surface area contributed by atoms with Crippen molar-refractivity contribution in [1.82, 2.24) is 4.98 Å². The molecule has 20 heavy (non-hydrogen) atoms. The summed E-state index contributed by atoms with van der Waals surface area (Å²) >= 11 is 1.49. The van der Waals surface area contributed by atoms with Crippen LogP contribution in [0, 0.1) is 11.6 Å². The van der Waals surface area contributed by atoms with Crippen molar-refractivity contribution in [3.8, 4) is 0 Å². The molecule has 0 saturated heterocycles. The first kappa shape index (κ1) is 14.4. The molecule has 1 aromatic carbocycles. The zero-order valence-corrected chi connectivity index (χ0v) is 11.4. The smallest absolute Gasteiger partial charge is 0.338 e. The Labute approximate surface area is 118 Å². The molecule has 0 aliphatic carbocycles. The second-order valence-corrected chi connectivity index (χ2v) is 5.24. The fourth-order valence-electron chi connectivity index (χ4n) is 1.62. The molecule has 0 unspecified atom stereocenters. The minimum absolute atomic E-state index is 0.0461. The summed E-state index contributed by atoms with van der Waals surface area (Å²) in [5, 5.41) is 12.5. The second-order valence-electron chi connectivity index (χ2n) is 4.04. The normalized spacial score (nSPS) is 10.6. The Morgan fingerprint density at radius 1 is 1.40 bits per heavy atom. The molecule has 0 aliphatic heterocycles. The van der Waals surface area contributed by atoms with Crippen LogP contribution in [0.3, 0.4) is 0 Å². The van der Waals surface area contributed by atoms with Gasteiger partial charge in [0.1, 0.15) is 11.6 Å². The number of nitrogens with zero attached hydrogens (tertiary/aromatic N) is 1. The van der Waals surface area contributed by atoms with E-state index in [-0.39, 0.29) is 5.69 Å². The SMILES string of the molecule is CCc1ncc(CNc2cc(C(=O)O)c(F)cc2F)s1. The Kier molecular flexibility index (Phi) is 4.29. The van der Waals surface area contributed by atoms with E-state index in [1.807, 2.05) is 6.92 Å². The molecule has 106 valence electrons. The quantitative estimate of drug-likeness (QED) is 0.889. The van der Waals surface area contributed by atoms with Crippen LogP contribution in [0.1, 0.15) is 27.2 Å². The predicted octanol–water partition coefficient (Wildman–Crippen LogP) is 3.29. The second kappa shape index (κ2) is 5.96. The maximum Gasteiger partial charge on any atom is 0.338 e. The topological polar surface area (TPSA) is 62.2 Å². The molecule has 0 radical (unpaired) electrons. The number of aromatic carboxylic acids is 1. The van der Waals surface area contributed by atoms with Gasteiger partial charge in [-0.25, -0.2) is 18.6 Å². The highest BCUT2D eigenvalue weighted by atomic mass is 32.1. The van der Waals surface area contributed by atoms with Crippen LogP contribution in [0.15, 0.2) is 18.3 Å². The van der Waals surface area contributed by atoms with Crippen molar-refractivity contribution < 1.29 is 18.7 Å². The number of hydrogen-bond donors (Lipinski definition) is 2. The monoisotopic (exact) mass is 298 g/mol. The van der Waals surface area contributed by atoms with E-state index in [1.54, 1.807) is 6.20 Å². The van der Waals surface area contributed by atoms with Crippen LogP contribution < -0.4 is 5.32 Å². The molecule has 0 fully saturated rings. The van der Waals surface area contributed by atoms with Gasteiger partial charge in [0.05, 0.1) is 22.8 Å². The number of hydrogen-bond acceptors (Lipinski definition) is 4. The van der Waals surface area contributed by atoms with Gasteiger partial charge < -0.3 is 10.4 Å². The van der Waals surface area contributed by atoms with Crippen LogP contribution in [0.5, 0.6) is 0 Å². The number of halogens is 2. The Hall–Kier alpha value is -2.02. The van der Waals surface area contributed by atoms with Gasteiger partial charge >= 0.3 is 5.97 Å². The Morgan fingerprint density at radius 2 is 2.15 bits per heavy atom. The lowest BCUT2D eigenvalue weighted by atomic mass is 10.2. The minimum atomic E-state index is -1.43. The lowest BCUT2D eigenvalue weighted by Gasteiger charge is -2.08. The van der Waals surface area contributed by atoms with Crippen LogP contribution in [0.2, 0.25) is 0 Å². The van der Waals surface area contributed by atoms with Gasteiger partial charge in [-0.2, -0.15) is 0 Å². The van der Waals surface area contributed by atoms with E-state index in [9.17, 15) is 13.6 Å². The molecule has 0 amide bonds. The number of carbonyl (C=O) groups is 1. The number of aromatic nitrogens is 1. The molecule has 0 saturated carbocycles. The summed E-state index contributed by atoms with van der Waals surface area (Å²) in [5.74, 6) is -3.35. The Bertz CT molecular complexity index is 643. The van der Waals surface area contributed by atoms with Crippen molar-refractivity contribution in [3.05, 3.63) is 45.4 Å². The van der Waals surface area contributed by atoms with Gasteiger partial charge in [0.15, 0.2) is 0 Å². The van der Waals surface area contributed by atoms with E-state index in [0.717, 1.165) is 22.4 Å². The van der Waals surface area contributed by atoms with Gasteiger partial charge in [-0.05, 0) is 12.5 Å². The third-order valence-electron chi connectivity index (χ3n) is 2.64. The first-order valence-electron chi connectivity index (χ1n) is 5.91. The Morgan fingerprint density at radius 3 is 2.75 bits per heavy atom. The molecule has 0 atom stereocenters. The maximum atomic E-state index is 13.6. The van der Waals surface area contributed by atoms with Gasteiger partial charge in [0.25, 0.3) is 0 Å². The van der Waals surface area contributed by atoms with Gasteiger partial charge in [0, 0.05) is 17.1 Å². The highest BCUT2D eigenvalue weighted by Gasteiger charge is 2.15. The van der Waals surface area contributed by atoms with Gasteiger partial charge in [-0.3, -0.25) is 0 Å². The summed E-state index contributed by atoms with van der Waals surface area (Å²) in [6.07, 6.45) is 2.49. The third kappa shape index (κ3) is 3.11. The fraction of sp³-hybridized carbons (Fsp3) is 0.231. The lowest BCUT2D eigenvalue weighted by Crippen LogP contribution is -2.06. The first-order valence-corrected chi connectivity index (χ1v) is 6.72. The van der Waals surface area contributed by atoms with E-state index in [4.69, 9.17) is 5.11 Å². The molecule has 0 bridgehead atoms. The third-order valence-corrected chi connectivity index (χ3v) is 3.79.